The molecule has 0 radical (unpaired) electrons. The van der Waals surface area contributed by atoms with Crippen molar-refractivity contribution in [3.8, 4) is 0 Å². The number of hydrogen-bond donors (Lipinski definition) is 1. The molecule has 0 aliphatic heterocycles. The summed E-state index contributed by atoms with van der Waals surface area (Å²) in [5.74, 6) is 1.81. The molecule has 0 saturated heterocycles. The number of benzene rings is 1. The minimum Gasteiger partial charge on any atom is -0.339 e. The molecular formula is C15H20ClN3O. The summed E-state index contributed by atoms with van der Waals surface area (Å²) in [6.07, 6.45) is 2.14. The van der Waals surface area contributed by atoms with Gasteiger partial charge in [-0.1, -0.05) is 48.8 Å². The molecule has 4 nitrogen and oxygen atoms in total. The average Bonchev–Trinajstić information content (AvgIpc) is 2.78. The van der Waals surface area contributed by atoms with E-state index in [0.717, 1.165) is 17.0 Å². The molecule has 2 rings (SSSR count). The van der Waals surface area contributed by atoms with Gasteiger partial charge in [0.1, 0.15) is 0 Å². The lowest BCUT2D eigenvalue weighted by atomic mass is 10.0. The monoisotopic (exact) mass is 293 g/mol. The van der Waals surface area contributed by atoms with E-state index in [-0.39, 0.29) is 6.04 Å². The lowest BCUT2D eigenvalue weighted by Gasteiger charge is -2.10. The van der Waals surface area contributed by atoms with E-state index in [1.54, 1.807) is 0 Å². The Kier molecular flexibility index (Phi) is 5.15. The fourth-order valence-corrected chi connectivity index (χ4v) is 2.37. The largest absolute Gasteiger partial charge is 0.339 e. The fourth-order valence-electron chi connectivity index (χ4n) is 2.17. The molecule has 0 saturated carbocycles. The Morgan fingerprint density at radius 2 is 2.05 bits per heavy atom. The normalized spacial score (nSPS) is 12.8. The van der Waals surface area contributed by atoms with Gasteiger partial charge >= 0.3 is 0 Å². The Labute approximate surface area is 124 Å². The summed E-state index contributed by atoms with van der Waals surface area (Å²) in [6, 6.07) is 7.72. The van der Waals surface area contributed by atoms with Gasteiger partial charge in [0.05, 0.1) is 0 Å². The summed E-state index contributed by atoms with van der Waals surface area (Å²) in [5, 5.41) is 4.70. The molecule has 0 aliphatic rings. The summed E-state index contributed by atoms with van der Waals surface area (Å²) >= 11 is 6.12. The number of hydrogen-bond acceptors (Lipinski definition) is 4. The molecule has 20 heavy (non-hydrogen) atoms. The van der Waals surface area contributed by atoms with Crippen LogP contribution >= 0.6 is 11.6 Å². The molecule has 1 aromatic heterocycles. The number of nitrogens with two attached hydrogens (primary N) is 1. The highest BCUT2D eigenvalue weighted by Gasteiger charge is 2.13. The molecule has 1 atom stereocenters. The predicted octanol–water partition coefficient (Wildman–Crippen LogP) is 3.23. The molecule has 0 amide bonds. The van der Waals surface area contributed by atoms with Gasteiger partial charge in [-0.3, -0.25) is 0 Å². The predicted molar refractivity (Wildman–Crippen MR) is 79.7 cm³/mol. The summed E-state index contributed by atoms with van der Waals surface area (Å²) in [7, 11) is 0. The highest BCUT2D eigenvalue weighted by atomic mass is 35.5. The first-order chi connectivity index (χ1) is 9.54. The first kappa shape index (κ1) is 15.0. The van der Waals surface area contributed by atoms with E-state index in [4.69, 9.17) is 21.9 Å². The van der Waals surface area contributed by atoms with Gasteiger partial charge in [-0.2, -0.15) is 4.98 Å². The Morgan fingerprint density at radius 3 is 2.75 bits per heavy atom. The summed E-state index contributed by atoms with van der Waals surface area (Å²) < 4.78 is 5.24. The van der Waals surface area contributed by atoms with Crippen LogP contribution in [0.1, 0.15) is 37.5 Å². The highest BCUT2D eigenvalue weighted by molar-refractivity contribution is 6.31. The molecule has 0 spiro atoms. The van der Waals surface area contributed by atoms with Crippen LogP contribution in [0.5, 0.6) is 0 Å². The molecule has 0 fully saturated rings. The van der Waals surface area contributed by atoms with Gasteiger partial charge in [0.15, 0.2) is 5.82 Å². The van der Waals surface area contributed by atoms with E-state index in [1.165, 1.54) is 0 Å². The Balaban J connectivity index is 1.97. The summed E-state index contributed by atoms with van der Waals surface area (Å²) in [6.45, 7) is 4.30. The average molecular weight is 294 g/mol. The van der Waals surface area contributed by atoms with Gasteiger partial charge in [0.2, 0.25) is 5.89 Å². The first-order valence-electron chi connectivity index (χ1n) is 6.85. The molecule has 0 aliphatic carbocycles. The van der Waals surface area contributed by atoms with E-state index >= 15 is 0 Å². The lowest BCUT2D eigenvalue weighted by molar-refractivity contribution is 0.355. The maximum atomic E-state index is 6.12. The Bertz CT molecular complexity index is 554. The van der Waals surface area contributed by atoms with Gasteiger partial charge in [-0.15, -0.1) is 0 Å². The first-order valence-corrected chi connectivity index (χ1v) is 7.23. The van der Waals surface area contributed by atoms with Gasteiger partial charge in [-0.05, 0) is 24.0 Å². The zero-order valence-corrected chi connectivity index (χ0v) is 12.6. The lowest BCUT2D eigenvalue weighted by Crippen LogP contribution is -2.24. The molecular weight excluding hydrogens is 274 g/mol. The van der Waals surface area contributed by atoms with Crippen molar-refractivity contribution in [1.29, 1.82) is 0 Å². The third-order valence-corrected chi connectivity index (χ3v) is 3.40. The SMILES string of the molecule is CC(C)CC(N)Cc1nc(Cc2ccccc2Cl)no1. The van der Waals surface area contributed by atoms with Gasteiger partial charge < -0.3 is 10.3 Å². The van der Waals surface area contributed by atoms with Gasteiger partial charge in [0.25, 0.3) is 0 Å². The second-order valence-corrected chi connectivity index (χ2v) is 5.87. The molecule has 1 aromatic carbocycles. The number of halogens is 1. The molecule has 2 aromatic rings. The summed E-state index contributed by atoms with van der Waals surface area (Å²) in [5.41, 5.74) is 7.04. The van der Waals surface area contributed by atoms with Crippen LogP contribution < -0.4 is 5.73 Å². The van der Waals surface area contributed by atoms with Crippen LogP contribution in [0.2, 0.25) is 5.02 Å². The highest BCUT2D eigenvalue weighted by Crippen LogP contribution is 2.18. The Hall–Kier alpha value is -1.39. The standard InChI is InChI=1S/C15H20ClN3O/c1-10(2)7-12(17)9-15-18-14(19-20-15)8-11-5-3-4-6-13(11)16/h3-6,10,12H,7-9,17H2,1-2H3. The second kappa shape index (κ2) is 6.86. The smallest absolute Gasteiger partial charge is 0.228 e. The third kappa shape index (κ3) is 4.32. The van der Waals surface area contributed by atoms with Crippen LogP contribution in [0.25, 0.3) is 0 Å². The zero-order valence-electron chi connectivity index (χ0n) is 11.8. The van der Waals surface area contributed by atoms with Crippen LogP contribution in [0.3, 0.4) is 0 Å². The topological polar surface area (TPSA) is 64.9 Å². The van der Waals surface area contributed by atoms with Crippen LogP contribution in [-0.4, -0.2) is 16.2 Å². The minimum atomic E-state index is 0.0589. The van der Waals surface area contributed by atoms with E-state index < -0.39 is 0 Å². The van der Waals surface area contributed by atoms with Gasteiger partial charge in [0, 0.05) is 23.9 Å². The zero-order chi connectivity index (χ0) is 14.5. The van der Waals surface area contributed by atoms with Gasteiger partial charge in [-0.25, -0.2) is 0 Å². The molecule has 108 valence electrons. The van der Waals surface area contributed by atoms with Crippen molar-refractivity contribution < 1.29 is 4.52 Å². The minimum absolute atomic E-state index is 0.0589. The van der Waals surface area contributed by atoms with Crippen molar-refractivity contribution in [2.24, 2.45) is 11.7 Å². The van der Waals surface area contributed by atoms with Crippen LogP contribution in [0, 0.1) is 5.92 Å². The third-order valence-electron chi connectivity index (χ3n) is 3.03. The van der Waals surface area contributed by atoms with Crippen molar-refractivity contribution in [1.82, 2.24) is 10.1 Å². The van der Waals surface area contributed by atoms with Crippen LogP contribution in [0.15, 0.2) is 28.8 Å². The Morgan fingerprint density at radius 1 is 1.30 bits per heavy atom. The maximum absolute atomic E-state index is 6.12. The van der Waals surface area contributed by atoms with E-state index in [0.29, 0.717) is 30.5 Å². The van der Waals surface area contributed by atoms with Crippen molar-refractivity contribution >= 4 is 11.6 Å². The van der Waals surface area contributed by atoms with Crippen LogP contribution in [0.4, 0.5) is 0 Å². The molecule has 1 heterocycles. The van der Waals surface area contributed by atoms with E-state index in [9.17, 15) is 0 Å². The van der Waals surface area contributed by atoms with Crippen LogP contribution in [-0.2, 0) is 12.8 Å². The second-order valence-electron chi connectivity index (χ2n) is 5.47. The van der Waals surface area contributed by atoms with Crippen molar-refractivity contribution in [2.45, 2.75) is 39.2 Å². The molecule has 1 unspecified atom stereocenters. The molecule has 5 heteroatoms. The molecule has 0 bridgehead atoms. The van der Waals surface area contributed by atoms with E-state index in [2.05, 4.69) is 24.0 Å². The van der Waals surface area contributed by atoms with Crippen molar-refractivity contribution in [2.75, 3.05) is 0 Å². The fraction of sp³-hybridized carbons (Fsp3) is 0.467. The number of aromatic nitrogens is 2. The quantitative estimate of drug-likeness (QED) is 0.888. The number of nitrogens with zero attached hydrogens (tertiary/aromatic N) is 2. The summed E-state index contributed by atoms with van der Waals surface area (Å²) in [4.78, 5) is 4.38. The van der Waals surface area contributed by atoms with Crippen molar-refractivity contribution in [3.63, 3.8) is 0 Å². The van der Waals surface area contributed by atoms with Crippen molar-refractivity contribution in [3.05, 3.63) is 46.6 Å². The van der Waals surface area contributed by atoms with E-state index in [1.807, 2.05) is 24.3 Å². The molecule has 2 N–H and O–H groups in total. The number of rotatable bonds is 6. The maximum Gasteiger partial charge on any atom is 0.228 e.